The van der Waals surface area contributed by atoms with Crippen molar-refractivity contribution in [3.8, 4) is 0 Å². The Balaban J connectivity index is 1.64. The number of piperidine rings is 1. The van der Waals surface area contributed by atoms with E-state index in [1.54, 1.807) is 24.5 Å². The van der Waals surface area contributed by atoms with Crippen molar-refractivity contribution in [1.82, 2.24) is 20.1 Å². The molecule has 23 heavy (non-hydrogen) atoms. The van der Waals surface area contributed by atoms with Crippen molar-refractivity contribution >= 4 is 11.8 Å². The Bertz CT molecular complexity index is 563. The number of hydrogen-bond acceptors (Lipinski definition) is 4. The maximum atomic E-state index is 12.8. The minimum Gasteiger partial charge on any atom is -0.340 e. The highest BCUT2D eigenvalue weighted by atomic mass is 16.2. The van der Waals surface area contributed by atoms with Crippen LogP contribution in [0.1, 0.15) is 30.1 Å². The first-order valence-electron chi connectivity index (χ1n) is 8.36. The molecule has 2 aliphatic rings. The SMILES string of the molecule is CC1CN(C(=O)C2CCCN(C(=O)c3ccncc3)C2)CCN1. The molecule has 1 aromatic heterocycles. The predicted octanol–water partition coefficient (Wildman–Crippen LogP) is 0.754. The summed E-state index contributed by atoms with van der Waals surface area (Å²) in [5.74, 6) is 0.129. The third-order valence-corrected chi connectivity index (χ3v) is 4.67. The van der Waals surface area contributed by atoms with Gasteiger partial charge in [-0.05, 0) is 31.9 Å². The van der Waals surface area contributed by atoms with E-state index >= 15 is 0 Å². The van der Waals surface area contributed by atoms with Crippen LogP contribution in [-0.4, -0.2) is 65.4 Å². The lowest BCUT2D eigenvalue weighted by Crippen LogP contribution is -2.54. The largest absolute Gasteiger partial charge is 0.340 e. The average molecular weight is 316 g/mol. The Kier molecular flexibility index (Phi) is 4.91. The molecule has 2 aliphatic heterocycles. The molecule has 2 atom stereocenters. The van der Waals surface area contributed by atoms with Gasteiger partial charge < -0.3 is 15.1 Å². The molecule has 3 heterocycles. The molecule has 6 heteroatoms. The number of amides is 2. The first kappa shape index (κ1) is 15.9. The summed E-state index contributed by atoms with van der Waals surface area (Å²) in [6, 6.07) is 3.79. The smallest absolute Gasteiger partial charge is 0.253 e. The standard InChI is InChI=1S/C17H24N4O2/c1-13-11-21(10-8-19-13)17(23)15-3-2-9-20(12-15)16(22)14-4-6-18-7-5-14/h4-7,13,15,19H,2-3,8-12H2,1H3. The summed E-state index contributed by atoms with van der Waals surface area (Å²) in [5.41, 5.74) is 0.642. The summed E-state index contributed by atoms with van der Waals surface area (Å²) in [6.45, 7) is 5.71. The highest BCUT2D eigenvalue weighted by Crippen LogP contribution is 2.21. The van der Waals surface area contributed by atoms with Gasteiger partial charge in [-0.3, -0.25) is 14.6 Å². The van der Waals surface area contributed by atoms with Crippen molar-refractivity contribution in [2.45, 2.75) is 25.8 Å². The number of piperazine rings is 1. The van der Waals surface area contributed by atoms with Crippen LogP contribution in [0, 0.1) is 5.92 Å². The summed E-state index contributed by atoms with van der Waals surface area (Å²) in [6.07, 6.45) is 5.01. The first-order valence-corrected chi connectivity index (χ1v) is 8.36. The average Bonchev–Trinajstić information content (AvgIpc) is 2.61. The van der Waals surface area contributed by atoms with Crippen molar-refractivity contribution in [1.29, 1.82) is 0 Å². The van der Waals surface area contributed by atoms with Gasteiger partial charge in [0.05, 0.1) is 5.92 Å². The van der Waals surface area contributed by atoms with Gasteiger partial charge >= 0.3 is 0 Å². The quantitative estimate of drug-likeness (QED) is 0.874. The number of hydrogen-bond donors (Lipinski definition) is 1. The molecule has 6 nitrogen and oxygen atoms in total. The van der Waals surface area contributed by atoms with Crippen molar-refractivity contribution in [2.24, 2.45) is 5.92 Å². The second-order valence-corrected chi connectivity index (χ2v) is 6.47. The molecule has 2 saturated heterocycles. The summed E-state index contributed by atoms with van der Waals surface area (Å²) < 4.78 is 0. The van der Waals surface area contributed by atoms with Crippen molar-refractivity contribution in [3.63, 3.8) is 0 Å². The van der Waals surface area contributed by atoms with Crippen LogP contribution in [0.15, 0.2) is 24.5 Å². The highest BCUT2D eigenvalue weighted by Gasteiger charge is 2.32. The van der Waals surface area contributed by atoms with Crippen LogP contribution < -0.4 is 5.32 Å². The molecule has 0 aromatic carbocycles. The molecular formula is C17H24N4O2. The number of nitrogens with one attached hydrogen (secondary N) is 1. The summed E-state index contributed by atoms with van der Waals surface area (Å²) in [7, 11) is 0. The topological polar surface area (TPSA) is 65.5 Å². The zero-order valence-electron chi connectivity index (χ0n) is 13.6. The molecule has 2 unspecified atom stereocenters. The van der Waals surface area contributed by atoms with E-state index in [4.69, 9.17) is 0 Å². The van der Waals surface area contributed by atoms with E-state index < -0.39 is 0 Å². The molecule has 2 amide bonds. The lowest BCUT2D eigenvalue weighted by atomic mass is 9.95. The minimum atomic E-state index is -0.0696. The molecular weight excluding hydrogens is 292 g/mol. The summed E-state index contributed by atoms with van der Waals surface area (Å²) in [4.78, 5) is 33.0. The van der Waals surface area contributed by atoms with Gasteiger partial charge in [-0.25, -0.2) is 0 Å². The highest BCUT2D eigenvalue weighted by molar-refractivity contribution is 5.94. The number of aromatic nitrogens is 1. The van der Waals surface area contributed by atoms with Gasteiger partial charge in [0.25, 0.3) is 5.91 Å². The minimum absolute atomic E-state index is 0.00132. The Morgan fingerprint density at radius 1 is 1.17 bits per heavy atom. The second-order valence-electron chi connectivity index (χ2n) is 6.47. The van der Waals surface area contributed by atoms with E-state index in [9.17, 15) is 9.59 Å². The van der Waals surface area contributed by atoms with Gasteiger partial charge in [0.1, 0.15) is 0 Å². The molecule has 0 spiro atoms. The molecule has 0 aliphatic carbocycles. The van der Waals surface area contributed by atoms with E-state index in [1.807, 2.05) is 9.80 Å². The zero-order valence-corrected chi connectivity index (χ0v) is 13.6. The van der Waals surface area contributed by atoms with E-state index in [-0.39, 0.29) is 17.7 Å². The number of nitrogens with zero attached hydrogens (tertiary/aromatic N) is 3. The van der Waals surface area contributed by atoms with Gasteiger partial charge in [0.2, 0.25) is 5.91 Å². The van der Waals surface area contributed by atoms with E-state index in [0.29, 0.717) is 18.2 Å². The Morgan fingerprint density at radius 2 is 1.96 bits per heavy atom. The lowest BCUT2D eigenvalue weighted by Gasteiger charge is -2.38. The first-order chi connectivity index (χ1) is 11.1. The lowest BCUT2D eigenvalue weighted by molar-refractivity contribution is -0.138. The fraction of sp³-hybridized carbons (Fsp3) is 0.588. The van der Waals surface area contributed by atoms with Crippen LogP contribution in [-0.2, 0) is 4.79 Å². The predicted molar refractivity (Wildman–Crippen MR) is 86.9 cm³/mol. The molecule has 1 N–H and O–H groups in total. The maximum Gasteiger partial charge on any atom is 0.253 e. The van der Waals surface area contributed by atoms with E-state index in [0.717, 1.165) is 39.0 Å². The second kappa shape index (κ2) is 7.08. The molecule has 0 radical (unpaired) electrons. The fourth-order valence-electron chi connectivity index (χ4n) is 3.43. The molecule has 124 valence electrons. The maximum absolute atomic E-state index is 12.8. The molecule has 3 rings (SSSR count). The van der Waals surface area contributed by atoms with Gasteiger partial charge in [0.15, 0.2) is 0 Å². The summed E-state index contributed by atoms with van der Waals surface area (Å²) in [5, 5.41) is 3.35. The van der Waals surface area contributed by atoms with Crippen LogP contribution in [0.2, 0.25) is 0 Å². The number of likely N-dealkylation sites (tertiary alicyclic amines) is 1. The van der Waals surface area contributed by atoms with Gasteiger partial charge in [-0.1, -0.05) is 0 Å². The van der Waals surface area contributed by atoms with E-state index in [2.05, 4.69) is 17.2 Å². The third-order valence-electron chi connectivity index (χ3n) is 4.67. The summed E-state index contributed by atoms with van der Waals surface area (Å²) >= 11 is 0. The van der Waals surface area contributed by atoms with Crippen LogP contribution in [0.4, 0.5) is 0 Å². The monoisotopic (exact) mass is 316 g/mol. The van der Waals surface area contributed by atoms with Crippen LogP contribution >= 0.6 is 0 Å². The van der Waals surface area contributed by atoms with Gasteiger partial charge in [-0.15, -0.1) is 0 Å². The fourth-order valence-corrected chi connectivity index (χ4v) is 3.43. The van der Waals surface area contributed by atoms with Crippen molar-refractivity contribution in [2.75, 3.05) is 32.7 Å². The Morgan fingerprint density at radius 3 is 2.70 bits per heavy atom. The molecule has 2 fully saturated rings. The van der Waals surface area contributed by atoms with Crippen molar-refractivity contribution < 1.29 is 9.59 Å². The van der Waals surface area contributed by atoms with Crippen LogP contribution in [0.3, 0.4) is 0 Å². The number of carbonyl (C=O) groups is 2. The molecule has 0 saturated carbocycles. The third kappa shape index (κ3) is 3.69. The van der Waals surface area contributed by atoms with Gasteiger partial charge in [0, 0.05) is 56.7 Å². The number of rotatable bonds is 2. The molecule has 0 bridgehead atoms. The Hall–Kier alpha value is -1.95. The number of carbonyl (C=O) groups excluding carboxylic acids is 2. The van der Waals surface area contributed by atoms with Crippen molar-refractivity contribution in [3.05, 3.63) is 30.1 Å². The Labute approximate surface area is 136 Å². The van der Waals surface area contributed by atoms with E-state index in [1.165, 1.54) is 0 Å². The van der Waals surface area contributed by atoms with Gasteiger partial charge in [-0.2, -0.15) is 0 Å². The zero-order chi connectivity index (χ0) is 16.2. The van der Waals surface area contributed by atoms with Crippen LogP contribution in [0.5, 0.6) is 0 Å². The normalized spacial score (nSPS) is 25.3. The van der Waals surface area contributed by atoms with Crippen LogP contribution in [0.25, 0.3) is 0 Å². The molecule has 1 aromatic rings. The number of pyridine rings is 1.